The Morgan fingerprint density at radius 3 is 3.21 bits per heavy atom. The van der Waals surface area contributed by atoms with Crippen molar-refractivity contribution in [1.29, 1.82) is 0 Å². The zero-order valence-corrected chi connectivity index (χ0v) is 10.9. The molecule has 1 aromatic carbocycles. The van der Waals surface area contributed by atoms with Crippen molar-refractivity contribution < 1.29 is 9.26 Å². The molecule has 1 aromatic heterocycles. The molecule has 1 N–H and O–H groups in total. The van der Waals surface area contributed by atoms with Gasteiger partial charge in [0, 0.05) is 6.04 Å². The molecule has 5 nitrogen and oxygen atoms in total. The summed E-state index contributed by atoms with van der Waals surface area (Å²) in [5, 5.41) is 7.08. The van der Waals surface area contributed by atoms with Gasteiger partial charge in [-0.15, -0.1) is 0 Å². The van der Waals surface area contributed by atoms with Gasteiger partial charge in [-0.05, 0) is 49.6 Å². The molecule has 0 aliphatic heterocycles. The molecule has 0 amide bonds. The van der Waals surface area contributed by atoms with Crippen LogP contribution in [0.1, 0.15) is 35.8 Å². The third kappa shape index (κ3) is 2.61. The second-order valence-electron chi connectivity index (χ2n) is 4.73. The smallest absolute Gasteiger partial charge is 0.213 e. The van der Waals surface area contributed by atoms with Crippen molar-refractivity contribution in [3.8, 4) is 5.75 Å². The van der Waals surface area contributed by atoms with Crippen molar-refractivity contribution in [2.45, 2.75) is 31.9 Å². The van der Waals surface area contributed by atoms with E-state index in [1.807, 2.05) is 13.1 Å². The first-order valence-electron chi connectivity index (χ1n) is 6.55. The van der Waals surface area contributed by atoms with Crippen LogP contribution in [-0.2, 0) is 13.0 Å². The van der Waals surface area contributed by atoms with Gasteiger partial charge in [-0.1, -0.05) is 11.2 Å². The zero-order valence-electron chi connectivity index (χ0n) is 10.9. The van der Waals surface area contributed by atoms with Crippen molar-refractivity contribution in [1.82, 2.24) is 15.5 Å². The van der Waals surface area contributed by atoms with Crippen molar-refractivity contribution in [3.63, 3.8) is 0 Å². The average Bonchev–Trinajstić information content (AvgIpc) is 2.97. The van der Waals surface area contributed by atoms with Crippen molar-refractivity contribution in [2.75, 3.05) is 7.05 Å². The van der Waals surface area contributed by atoms with Crippen LogP contribution in [0.25, 0.3) is 0 Å². The topological polar surface area (TPSA) is 60.2 Å². The highest BCUT2D eigenvalue weighted by Crippen LogP contribution is 2.31. The van der Waals surface area contributed by atoms with E-state index in [0.29, 0.717) is 18.5 Å². The maximum atomic E-state index is 5.68. The largest absolute Gasteiger partial charge is 0.485 e. The number of rotatable bonds is 4. The van der Waals surface area contributed by atoms with Gasteiger partial charge >= 0.3 is 0 Å². The SMILES string of the molecule is CNC1CCCc2cc(OCc3ncon3)ccc21. The Balaban J connectivity index is 1.74. The predicted octanol–water partition coefficient (Wildman–Crippen LogP) is 2.25. The monoisotopic (exact) mass is 259 g/mol. The van der Waals surface area contributed by atoms with Crippen LogP contribution in [0.2, 0.25) is 0 Å². The van der Waals surface area contributed by atoms with Crippen LogP contribution in [0.15, 0.2) is 29.1 Å². The molecule has 0 spiro atoms. The molecule has 19 heavy (non-hydrogen) atoms. The maximum Gasteiger partial charge on any atom is 0.213 e. The normalized spacial score (nSPS) is 18.1. The molecule has 1 unspecified atom stereocenters. The van der Waals surface area contributed by atoms with Gasteiger partial charge in [0.15, 0.2) is 6.61 Å². The van der Waals surface area contributed by atoms with E-state index in [1.165, 1.54) is 30.4 Å². The van der Waals surface area contributed by atoms with Gasteiger partial charge in [-0.2, -0.15) is 4.98 Å². The maximum absolute atomic E-state index is 5.68. The molecule has 0 radical (unpaired) electrons. The molecule has 0 fully saturated rings. The Kier molecular flexibility index (Phi) is 3.46. The fraction of sp³-hybridized carbons (Fsp3) is 0.429. The van der Waals surface area contributed by atoms with E-state index in [2.05, 4.69) is 32.1 Å². The molecule has 1 aliphatic rings. The number of benzene rings is 1. The number of nitrogens with zero attached hydrogens (tertiary/aromatic N) is 2. The van der Waals surface area contributed by atoms with E-state index < -0.39 is 0 Å². The van der Waals surface area contributed by atoms with Crippen LogP contribution in [0, 0.1) is 0 Å². The Morgan fingerprint density at radius 2 is 2.42 bits per heavy atom. The highest BCUT2D eigenvalue weighted by atomic mass is 16.5. The van der Waals surface area contributed by atoms with Crippen LogP contribution in [-0.4, -0.2) is 17.2 Å². The standard InChI is InChI=1S/C14H17N3O2/c1-15-13-4-2-3-10-7-11(5-6-12(10)13)18-8-14-16-9-19-17-14/h5-7,9,13,15H,2-4,8H2,1H3. The Morgan fingerprint density at radius 1 is 1.47 bits per heavy atom. The van der Waals surface area contributed by atoms with Gasteiger partial charge < -0.3 is 14.6 Å². The van der Waals surface area contributed by atoms with E-state index in [4.69, 9.17) is 4.74 Å². The first-order chi connectivity index (χ1) is 9.36. The fourth-order valence-electron chi connectivity index (χ4n) is 2.58. The lowest BCUT2D eigenvalue weighted by Crippen LogP contribution is -2.21. The third-order valence-corrected chi connectivity index (χ3v) is 3.55. The molecular weight excluding hydrogens is 242 g/mol. The van der Waals surface area contributed by atoms with Gasteiger partial charge in [0.25, 0.3) is 0 Å². The quantitative estimate of drug-likeness (QED) is 0.912. The molecule has 1 aliphatic carbocycles. The van der Waals surface area contributed by atoms with Gasteiger partial charge in [0.2, 0.25) is 12.2 Å². The molecule has 5 heteroatoms. The molecule has 3 rings (SSSR count). The predicted molar refractivity (Wildman–Crippen MR) is 69.8 cm³/mol. The minimum absolute atomic E-state index is 0.338. The minimum atomic E-state index is 0.338. The van der Waals surface area contributed by atoms with Crippen molar-refractivity contribution in [2.24, 2.45) is 0 Å². The summed E-state index contributed by atoms with van der Waals surface area (Å²) >= 11 is 0. The second kappa shape index (κ2) is 5.40. The fourth-order valence-corrected chi connectivity index (χ4v) is 2.58. The van der Waals surface area contributed by atoms with Crippen LogP contribution in [0.3, 0.4) is 0 Å². The molecular formula is C14H17N3O2. The van der Waals surface area contributed by atoms with E-state index in [-0.39, 0.29) is 0 Å². The van der Waals surface area contributed by atoms with Gasteiger partial charge in [-0.3, -0.25) is 0 Å². The molecule has 2 aromatic rings. The Labute approximate surface area is 112 Å². The number of aromatic nitrogens is 2. The molecule has 0 saturated carbocycles. The van der Waals surface area contributed by atoms with Gasteiger partial charge in [-0.25, -0.2) is 0 Å². The number of hydrogen-bond acceptors (Lipinski definition) is 5. The first kappa shape index (κ1) is 12.2. The average molecular weight is 259 g/mol. The number of ether oxygens (including phenoxy) is 1. The molecule has 1 heterocycles. The van der Waals surface area contributed by atoms with Crippen LogP contribution >= 0.6 is 0 Å². The highest BCUT2D eigenvalue weighted by Gasteiger charge is 2.18. The first-order valence-corrected chi connectivity index (χ1v) is 6.55. The summed E-state index contributed by atoms with van der Waals surface area (Å²) < 4.78 is 10.4. The molecule has 0 saturated heterocycles. The lowest BCUT2D eigenvalue weighted by molar-refractivity contribution is 0.286. The third-order valence-electron chi connectivity index (χ3n) is 3.55. The number of nitrogens with one attached hydrogen (secondary N) is 1. The van der Waals surface area contributed by atoms with Crippen LogP contribution in [0.5, 0.6) is 5.75 Å². The van der Waals surface area contributed by atoms with Crippen LogP contribution < -0.4 is 10.1 Å². The minimum Gasteiger partial charge on any atom is -0.485 e. The number of aryl methyl sites for hydroxylation is 1. The number of hydrogen-bond donors (Lipinski definition) is 1. The number of fused-ring (bicyclic) bond motifs is 1. The van der Waals surface area contributed by atoms with Crippen molar-refractivity contribution >= 4 is 0 Å². The van der Waals surface area contributed by atoms with E-state index in [9.17, 15) is 0 Å². The molecule has 100 valence electrons. The van der Waals surface area contributed by atoms with Gasteiger partial charge in [0.1, 0.15) is 5.75 Å². The lowest BCUT2D eigenvalue weighted by atomic mass is 9.87. The summed E-state index contributed by atoms with van der Waals surface area (Å²) in [5.41, 5.74) is 2.76. The summed E-state index contributed by atoms with van der Waals surface area (Å²) in [7, 11) is 2.01. The summed E-state index contributed by atoms with van der Waals surface area (Å²) in [5.74, 6) is 1.42. The summed E-state index contributed by atoms with van der Waals surface area (Å²) in [6.45, 7) is 0.338. The summed E-state index contributed by atoms with van der Waals surface area (Å²) in [4.78, 5) is 3.93. The van der Waals surface area contributed by atoms with Crippen molar-refractivity contribution in [3.05, 3.63) is 41.5 Å². The molecule has 0 bridgehead atoms. The van der Waals surface area contributed by atoms with Crippen LogP contribution in [0.4, 0.5) is 0 Å². The molecule has 1 atom stereocenters. The van der Waals surface area contributed by atoms with E-state index in [0.717, 1.165) is 12.2 Å². The van der Waals surface area contributed by atoms with Gasteiger partial charge in [0.05, 0.1) is 0 Å². The van der Waals surface area contributed by atoms with E-state index >= 15 is 0 Å². The summed E-state index contributed by atoms with van der Waals surface area (Å²) in [6, 6.07) is 6.75. The highest BCUT2D eigenvalue weighted by molar-refractivity contribution is 5.39. The zero-order chi connectivity index (χ0) is 13.1. The Bertz CT molecular complexity index is 540. The van der Waals surface area contributed by atoms with E-state index in [1.54, 1.807) is 0 Å². The summed E-state index contributed by atoms with van der Waals surface area (Å²) in [6.07, 6.45) is 4.84. The Hall–Kier alpha value is -1.88. The lowest BCUT2D eigenvalue weighted by Gasteiger charge is -2.25. The second-order valence-corrected chi connectivity index (χ2v) is 4.73.